The second-order valence-electron chi connectivity index (χ2n) is 5.78. The van der Waals surface area contributed by atoms with Crippen molar-refractivity contribution in [2.75, 3.05) is 0 Å². The lowest BCUT2D eigenvalue weighted by atomic mass is 9.92. The lowest BCUT2D eigenvalue weighted by molar-refractivity contribution is 0.509. The van der Waals surface area contributed by atoms with Gasteiger partial charge in [0.2, 0.25) is 0 Å². The Morgan fingerprint density at radius 1 is 1.05 bits per heavy atom. The largest absolute Gasteiger partial charge is 0.469 e. The Hall–Kier alpha value is -2.06. The van der Waals surface area contributed by atoms with Crippen molar-refractivity contribution in [2.24, 2.45) is 5.73 Å². The lowest BCUT2D eigenvalue weighted by Gasteiger charge is -2.16. The molecule has 2 aromatic carbocycles. The number of nitrogens with two attached hydrogens (primary N) is 1. The zero-order valence-electron chi connectivity index (χ0n) is 12.2. The van der Waals surface area contributed by atoms with Crippen molar-refractivity contribution in [2.45, 2.75) is 32.2 Å². The Bertz CT molecular complexity index is 805. The van der Waals surface area contributed by atoms with E-state index in [0.29, 0.717) is 0 Å². The van der Waals surface area contributed by atoms with E-state index in [2.05, 4.69) is 37.3 Å². The summed E-state index contributed by atoms with van der Waals surface area (Å²) in [6.07, 6.45) is 4.92. The fourth-order valence-electron chi connectivity index (χ4n) is 3.62. The Kier molecular flexibility index (Phi) is 2.86. The average molecular weight is 277 g/mol. The topological polar surface area (TPSA) is 39.2 Å². The first kappa shape index (κ1) is 12.7. The molecule has 1 aliphatic carbocycles. The summed E-state index contributed by atoms with van der Waals surface area (Å²) in [5.74, 6) is 0.991. The standard InChI is InChI=1S/C19H19NO/c1-2-17-16(10-11-21-17)19(20)15-9-8-13-7-6-12-4-3-5-14(15)18(12)13/h3-5,8-11,19H,2,6-7,20H2,1H3. The van der Waals surface area contributed by atoms with Crippen LogP contribution in [0.25, 0.3) is 10.8 Å². The van der Waals surface area contributed by atoms with Crippen LogP contribution >= 0.6 is 0 Å². The molecule has 2 nitrogen and oxygen atoms in total. The summed E-state index contributed by atoms with van der Waals surface area (Å²) >= 11 is 0. The molecule has 3 aromatic rings. The van der Waals surface area contributed by atoms with Crippen LogP contribution in [0.3, 0.4) is 0 Å². The smallest absolute Gasteiger partial charge is 0.108 e. The third-order valence-electron chi connectivity index (χ3n) is 4.68. The Morgan fingerprint density at radius 2 is 1.86 bits per heavy atom. The zero-order chi connectivity index (χ0) is 14.4. The summed E-state index contributed by atoms with van der Waals surface area (Å²) in [5, 5.41) is 2.73. The van der Waals surface area contributed by atoms with E-state index in [-0.39, 0.29) is 6.04 Å². The molecule has 0 spiro atoms. The molecule has 106 valence electrons. The summed E-state index contributed by atoms with van der Waals surface area (Å²) in [5.41, 5.74) is 11.8. The maximum absolute atomic E-state index is 6.56. The van der Waals surface area contributed by atoms with Crippen LogP contribution in [0.1, 0.15) is 41.0 Å². The molecular formula is C19H19NO. The van der Waals surface area contributed by atoms with Crippen LogP contribution in [-0.2, 0) is 19.3 Å². The number of furan rings is 1. The molecule has 0 fully saturated rings. The Labute approximate surface area is 124 Å². The van der Waals surface area contributed by atoms with Gasteiger partial charge in [0, 0.05) is 12.0 Å². The van der Waals surface area contributed by atoms with Crippen LogP contribution < -0.4 is 5.73 Å². The van der Waals surface area contributed by atoms with Gasteiger partial charge in [0.05, 0.1) is 12.3 Å². The number of rotatable bonds is 3. The van der Waals surface area contributed by atoms with E-state index in [9.17, 15) is 0 Å². The van der Waals surface area contributed by atoms with Gasteiger partial charge in [-0.15, -0.1) is 0 Å². The predicted octanol–water partition coefficient (Wildman–Crippen LogP) is 4.14. The molecule has 21 heavy (non-hydrogen) atoms. The number of aryl methyl sites for hydroxylation is 3. The van der Waals surface area contributed by atoms with Crippen LogP contribution in [0.4, 0.5) is 0 Å². The normalized spacial score (nSPS) is 14.8. The van der Waals surface area contributed by atoms with Crippen molar-refractivity contribution in [1.82, 2.24) is 0 Å². The minimum atomic E-state index is -0.122. The fraction of sp³-hybridized carbons (Fsp3) is 0.263. The highest BCUT2D eigenvalue weighted by molar-refractivity contribution is 5.93. The van der Waals surface area contributed by atoms with Gasteiger partial charge in [0.25, 0.3) is 0 Å². The molecule has 1 aromatic heterocycles. The molecule has 0 radical (unpaired) electrons. The number of hydrogen-bond donors (Lipinski definition) is 1. The van der Waals surface area contributed by atoms with E-state index in [1.165, 1.54) is 27.5 Å². The highest BCUT2D eigenvalue weighted by Gasteiger charge is 2.21. The van der Waals surface area contributed by atoms with Gasteiger partial charge in [-0.25, -0.2) is 0 Å². The number of benzene rings is 2. The molecule has 2 N–H and O–H groups in total. The monoisotopic (exact) mass is 277 g/mol. The molecule has 4 rings (SSSR count). The van der Waals surface area contributed by atoms with Crippen LogP contribution in [0.5, 0.6) is 0 Å². The molecule has 0 amide bonds. The molecule has 0 saturated heterocycles. The van der Waals surface area contributed by atoms with Crippen molar-refractivity contribution in [3.63, 3.8) is 0 Å². The van der Waals surface area contributed by atoms with Gasteiger partial charge in [0.15, 0.2) is 0 Å². The van der Waals surface area contributed by atoms with Gasteiger partial charge in [-0.1, -0.05) is 37.3 Å². The third kappa shape index (κ3) is 1.83. The van der Waals surface area contributed by atoms with Crippen LogP contribution in [0.15, 0.2) is 47.1 Å². The van der Waals surface area contributed by atoms with Crippen LogP contribution in [-0.4, -0.2) is 0 Å². The quantitative estimate of drug-likeness (QED) is 0.781. The van der Waals surface area contributed by atoms with Crippen molar-refractivity contribution in [1.29, 1.82) is 0 Å². The van der Waals surface area contributed by atoms with E-state index in [4.69, 9.17) is 10.2 Å². The molecule has 2 heteroatoms. The van der Waals surface area contributed by atoms with Gasteiger partial charge in [0.1, 0.15) is 5.76 Å². The summed E-state index contributed by atoms with van der Waals surface area (Å²) in [6, 6.07) is 12.9. The maximum atomic E-state index is 6.56. The van der Waals surface area contributed by atoms with Crippen molar-refractivity contribution in [3.05, 3.63) is 70.7 Å². The van der Waals surface area contributed by atoms with Crippen molar-refractivity contribution in [3.8, 4) is 0 Å². The third-order valence-corrected chi connectivity index (χ3v) is 4.68. The first-order chi connectivity index (χ1) is 10.3. The molecule has 0 aliphatic heterocycles. The van der Waals surface area contributed by atoms with Gasteiger partial charge in [-0.2, -0.15) is 0 Å². The molecular weight excluding hydrogens is 258 g/mol. The average Bonchev–Trinajstić information content (AvgIpc) is 3.15. The molecule has 0 saturated carbocycles. The van der Waals surface area contributed by atoms with Crippen LogP contribution in [0.2, 0.25) is 0 Å². The molecule has 1 atom stereocenters. The maximum Gasteiger partial charge on any atom is 0.108 e. The van der Waals surface area contributed by atoms with Gasteiger partial charge in [-0.05, 0) is 46.4 Å². The van der Waals surface area contributed by atoms with E-state index in [0.717, 1.165) is 30.6 Å². The summed E-state index contributed by atoms with van der Waals surface area (Å²) in [6.45, 7) is 2.10. The molecule has 1 heterocycles. The van der Waals surface area contributed by atoms with Gasteiger partial charge in [-0.3, -0.25) is 0 Å². The number of hydrogen-bond acceptors (Lipinski definition) is 2. The van der Waals surface area contributed by atoms with Gasteiger partial charge >= 0.3 is 0 Å². The predicted molar refractivity (Wildman–Crippen MR) is 85.5 cm³/mol. The summed E-state index contributed by atoms with van der Waals surface area (Å²) in [4.78, 5) is 0. The van der Waals surface area contributed by atoms with E-state index in [1.807, 2.05) is 6.07 Å². The van der Waals surface area contributed by atoms with E-state index < -0.39 is 0 Å². The van der Waals surface area contributed by atoms with Crippen molar-refractivity contribution >= 4 is 10.8 Å². The molecule has 1 aliphatic rings. The SMILES string of the molecule is CCc1occc1C(N)c1ccc2c3c(cccc13)CC2. The second-order valence-corrected chi connectivity index (χ2v) is 5.78. The van der Waals surface area contributed by atoms with E-state index in [1.54, 1.807) is 6.26 Å². The first-order valence-electron chi connectivity index (χ1n) is 7.64. The second kappa shape index (κ2) is 4.74. The highest BCUT2D eigenvalue weighted by atomic mass is 16.3. The summed E-state index contributed by atoms with van der Waals surface area (Å²) < 4.78 is 5.55. The minimum absolute atomic E-state index is 0.122. The highest BCUT2D eigenvalue weighted by Crippen LogP contribution is 2.36. The first-order valence-corrected chi connectivity index (χ1v) is 7.64. The fourth-order valence-corrected chi connectivity index (χ4v) is 3.62. The molecule has 1 unspecified atom stereocenters. The van der Waals surface area contributed by atoms with Gasteiger partial charge < -0.3 is 10.2 Å². The lowest BCUT2D eigenvalue weighted by Crippen LogP contribution is -2.13. The van der Waals surface area contributed by atoms with Crippen LogP contribution in [0, 0.1) is 0 Å². The minimum Gasteiger partial charge on any atom is -0.469 e. The zero-order valence-corrected chi connectivity index (χ0v) is 12.2. The van der Waals surface area contributed by atoms with E-state index >= 15 is 0 Å². The Morgan fingerprint density at radius 3 is 2.67 bits per heavy atom. The van der Waals surface area contributed by atoms with Crippen molar-refractivity contribution < 1.29 is 4.42 Å². The summed E-state index contributed by atoms with van der Waals surface area (Å²) in [7, 11) is 0. The Balaban J connectivity index is 1.92. The molecule has 0 bridgehead atoms.